The second-order valence-corrected chi connectivity index (χ2v) is 5.17. The second kappa shape index (κ2) is 5.69. The highest BCUT2D eigenvalue weighted by molar-refractivity contribution is 4.95. The SMILES string of the molecule is C=CC[C@H](CC)C(C)(CC)NC1CCC1. The van der Waals surface area contributed by atoms with Crippen molar-refractivity contribution in [1.29, 1.82) is 0 Å². The van der Waals surface area contributed by atoms with Crippen LogP contribution in [0.3, 0.4) is 0 Å². The molecular weight excluding hydrogens is 182 g/mol. The Hall–Kier alpha value is -0.300. The zero-order chi connectivity index (χ0) is 11.3. The van der Waals surface area contributed by atoms with Gasteiger partial charge in [0.25, 0.3) is 0 Å². The monoisotopic (exact) mass is 209 g/mol. The first kappa shape index (κ1) is 12.8. The lowest BCUT2D eigenvalue weighted by atomic mass is 9.77. The van der Waals surface area contributed by atoms with Crippen LogP contribution in [0.5, 0.6) is 0 Å². The van der Waals surface area contributed by atoms with Crippen molar-refractivity contribution in [2.24, 2.45) is 5.92 Å². The van der Waals surface area contributed by atoms with E-state index in [9.17, 15) is 0 Å². The molecular formula is C14H27N. The third-order valence-corrected chi connectivity index (χ3v) is 4.22. The lowest BCUT2D eigenvalue weighted by Gasteiger charge is -2.43. The van der Waals surface area contributed by atoms with Crippen molar-refractivity contribution in [1.82, 2.24) is 5.32 Å². The molecule has 2 atom stereocenters. The van der Waals surface area contributed by atoms with Crippen molar-refractivity contribution in [2.75, 3.05) is 0 Å². The molecule has 0 aromatic rings. The van der Waals surface area contributed by atoms with E-state index in [0.29, 0.717) is 5.54 Å². The largest absolute Gasteiger partial charge is 0.308 e. The minimum absolute atomic E-state index is 0.314. The predicted molar refractivity (Wildman–Crippen MR) is 68.1 cm³/mol. The average molecular weight is 209 g/mol. The molecule has 1 heteroatoms. The summed E-state index contributed by atoms with van der Waals surface area (Å²) in [5.41, 5.74) is 0.314. The van der Waals surface area contributed by atoms with Gasteiger partial charge in [-0.05, 0) is 38.5 Å². The Labute approximate surface area is 95.3 Å². The summed E-state index contributed by atoms with van der Waals surface area (Å²) in [5, 5.41) is 3.87. The summed E-state index contributed by atoms with van der Waals surface area (Å²) in [7, 11) is 0. The van der Waals surface area contributed by atoms with E-state index < -0.39 is 0 Å². The van der Waals surface area contributed by atoms with Crippen molar-refractivity contribution < 1.29 is 0 Å². The number of allylic oxidation sites excluding steroid dienone is 1. The number of hydrogen-bond acceptors (Lipinski definition) is 1. The molecule has 0 radical (unpaired) electrons. The van der Waals surface area contributed by atoms with Crippen LogP contribution in [0.2, 0.25) is 0 Å². The molecule has 88 valence electrons. The van der Waals surface area contributed by atoms with Crippen LogP contribution in [0, 0.1) is 5.92 Å². The van der Waals surface area contributed by atoms with E-state index in [1.54, 1.807) is 0 Å². The van der Waals surface area contributed by atoms with Crippen LogP contribution in [0.25, 0.3) is 0 Å². The second-order valence-electron chi connectivity index (χ2n) is 5.17. The zero-order valence-corrected chi connectivity index (χ0v) is 10.7. The van der Waals surface area contributed by atoms with Gasteiger partial charge in [-0.3, -0.25) is 0 Å². The van der Waals surface area contributed by atoms with E-state index in [4.69, 9.17) is 0 Å². The maximum absolute atomic E-state index is 3.88. The van der Waals surface area contributed by atoms with E-state index in [1.165, 1.54) is 32.1 Å². The summed E-state index contributed by atoms with van der Waals surface area (Å²) in [4.78, 5) is 0. The molecule has 15 heavy (non-hydrogen) atoms. The third kappa shape index (κ3) is 3.07. The van der Waals surface area contributed by atoms with Gasteiger partial charge in [-0.1, -0.05) is 32.8 Å². The van der Waals surface area contributed by atoms with Gasteiger partial charge in [0.2, 0.25) is 0 Å². The fourth-order valence-corrected chi connectivity index (χ4v) is 2.61. The van der Waals surface area contributed by atoms with Gasteiger partial charge < -0.3 is 5.32 Å². The van der Waals surface area contributed by atoms with E-state index in [2.05, 4.69) is 38.7 Å². The quantitative estimate of drug-likeness (QED) is 0.627. The smallest absolute Gasteiger partial charge is 0.0184 e. The number of rotatable bonds is 7. The number of nitrogens with one attached hydrogen (secondary N) is 1. The van der Waals surface area contributed by atoms with Crippen molar-refractivity contribution in [3.63, 3.8) is 0 Å². The molecule has 1 nitrogen and oxygen atoms in total. The molecule has 0 heterocycles. The van der Waals surface area contributed by atoms with Crippen LogP contribution in [-0.2, 0) is 0 Å². The minimum Gasteiger partial charge on any atom is -0.308 e. The first-order chi connectivity index (χ1) is 7.16. The van der Waals surface area contributed by atoms with Crippen molar-refractivity contribution in [2.45, 2.75) is 70.9 Å². The predicted octanol–water partition coefficient (Wildman–Crippen LogP) is 3.90. The molecule has 0 saturated heterocycles. The Kier molecular flexibility index (Phi) is 4.85. The average Bonchev–Trinajstić information content (AvgIpc) is 2.19. The Morgan fingerprint density at radius 3 is 2.47 bits per heavy atom. The van der Waals surface area contributed by atoms with Gasteiger partial charge in [0.05, 0.1) is 0 Å². The van der Waals surface area contributed by atoms with Crippen LogP contribution in [0.15, 0.2) is 12.7 Å². The third-order valence-electron chi connectivity index (χ3n) is 4.22. The van der Waals surface area contributed by atoms with Gasteiger partial charge >= 0.3 is 0 Å². The van der Waals surface area contributed by atoms with Gasteiger partial charge in [0.15, 0.2) is 0 Å². The Morgan fingerprint density at radius 1 is 1.47 bits per heavy atom. The molecule has 0 aromatic carbocycles. The topological polar surface area (TPSA) is 12.0 Å². The molecule has 0 aliphatic heterocycles. The van der Waals surface area contributed by atoms with Crippen molar-refractivity contribution in [3.05, 3.63) is 12.7 Å². The van der Waals surface area contributed by atoms with Gasteiger partial charge in [-0.25, -0.2) is 0 Å². The molecule has 1 fully saturated rings. The minimum atomic E-state index is 0.314. The first-order valence-electron chi connectivity index (χ1n) is 6.54. The zero-order valence-electron chi connectivity index (χ0n) is 10.7. The number of hydrogen-bond donors (Lipinski definition) is 1. The highest BCUT2D eigenvalue weighted by atomic mass is 15.0. The molecule has 1 unspecified atom stereocenters. The lowest BCUT2D eigenvalue weighted by molar-refractivity contribution is 0.160. The molecule has 0 spiro atoms. The van der Waals surface area contributed by atoms with E-state index >= 15 is 0 Å². The van der Waals surface area contributed by atoms with Crippen LogP contribution in [0.1, 0.15) is 59.3 Å². The summed E-state index contributed by atoms with van der Waals surface area (Å²) in [6.45, 7) is 10.9. The molecule has 1 aliphatic rings. The maximum Gasteiger partial charge on any atom is 0.0184 e. The van der Waals surface area contributed by atoms with E-state index in [-0.39, 0.29) is 0 Å². The molecule has 1 aliphatic carbocycles. The Balaban J connectivity index is 2.57. The molecule has 0 amide bonds. The van der Waals surface area contributed by atoms with E-state index in [0.717, 1.165) is 18.4 Å². The van der Waals surface area contributed by atoms with Crippen molar-refractivity contribution in [3.8, 4) is 0 Å². The molecule has 1 N–H and O–H groups in total. The first-order valence-corrected chi connectivity index (χ1v) is 6.54. The van der Waals surface area contributed by atoms with E-state index in [1.807, 2.05) is 0 Å². The van der Waals surface area contributed by atoms with Crippen LogP contribution in [-0.4, -0.2) is 11.6 Å². The standard InChI is InChI=1S/C14H27N/c1-5-9-12(6-2)14(4,7-3)15-13-10-8-11-13/h5,12-13,15H,1,6-11H2,2-4H3/t12-,14?/m0/s1. The van der Waals surface area contributed by atoms with Crippen LogP contribution in [0.4, 0.5) is 0 Å². The van der Waals surface area contributed by atoms with Gasteiger partial charge in [-0.2, -0.15) is 0 Å². The fraction of sp³-hybridized carbons (Fsp3) is 0.857. The summed E-state index contributed by atoms with van der Waals surface area (Å²) < 4.78 is 0. The maximum atomic E-state index is 3.88. The molecule has 0 bridgehead atoms. The molecule has 1 rings (SSSR count). The normalized spacial score (nSPS) is 22.9. The summed E-state index contributed by atoms with van der Waals surface area (Å²) >= 11 is 0. The lowest BCUT2D eigenvalue weighted by Crippen LogP contribution is -2.54. The molecule has 1 saturated carbocycles. The summed E-state index contributed by atoms with van der Waals surface area (Å²) in [6.07, 6.45) is 9.84. The molecule has 0 aromatic heterocycles. The van der Waals surface area contributed by atoms with Crippen LogP contribution >= 0.6 is 0 Å². The Morgan fingerprint density at radius 2 is 2.13 bits per heavy atom. The van der Waals surface area contributed by atoms with Crippen molar-refractivity contribution >= 4 is 0 Å². The summed E-state index contributed by atoms with van der Waals surface area (Å²) in [6, 6.07) is 0.786. The van der Waals surface area contributed by atoms with Gasteiger partial charge in [0, 0.05) is 11.6 Å². The van der Waals surface area contributed by atoms with Crippen LogP contribution < -0.4 is 5.32 Å². The van der Waals surface area contributed by atoms with Gasteiger partial charge in [-0.15, -0.1) is 6.58 Å². The highest BCUT2D eigenvalue weighted by Crippen LogP contribution is 2.31. The highest BCUT2D eigenvalue weighted by Gasteiger charge is 2.33. The van der Waals surface area contributed by atoms with Gasteiger partial charge in [0.1, 0.15) is 0 Å². The fourth-order valence-electron chi connectivity index (χ4n) is 2.61. The Bertz CT molecular complexity index is 196. The summed E-state index contributed by atoms with van der Waals surface area (Å²) in [5.74, 6) is 0.737.